The molecule has 0 bridgehead atoms. The third-order valence-electron chi connectivity index (χ3n) is 13.9. The zero-order chi connectivity index (χ0) is 53.5. The largest absolute Gasteiger partial charge is 0.756 e. The van der Waals surface area contributed by atoms with Crippen molar-refractivity contribution in [1.29, 1.82) is 0 Å². The van der Waals surface area contributed by atoms with Crippen molar-refractivity contribution >= 4 is 13.7 Å². The zero-order valence-electron chi connectivity index (χ0n) is 48.8. The van der Waals surface area contributed by atoms with Crippen molar-refractivity contribution in [1.82, 2.24) is 5.32 Å². The van der Waals surface area contributed by atoms with Gasteiger partial charge < -0.3 is 28.8 Å². The second-order valence-corrected chi connectivity index (χ2v) is 23.8. The highest BCUT2D eigenvalue weighted by molar-refractivity contribution is 7.45. The van der Waals surface area contributed by atoms with Crippen molar-refractivity contribution in [2.45, 2.75) is 302 Å². The Balaban J connectivity index is 4.16. The molecule has 0 radical (unpaired) electrons. The summed E-state index contributed by atoms with van der Waals surface area (Å²) in [6, 6.07) is -0.912. The molecule has 2 N–H and O–H groups in total. The summed E-state index contributed by atoms with van der Waals surface area (Å²) in [5.74, 6) is -0.210. The van der Waals surface area contributed by atoms with Gasteiger partial charge in [-0.2, -0.15) is 0 Å². The molecule has 8 nitrogen and oxygen atoms in total. The fourth-order valence-corrected chi connectivity index (χ4v) is 9.76. The van der Waals surface area contributed by atoms with Gasteiger partial charge in [0.25, 0.3) is 7.82 Å². The van der Waals surface area contributed by atoms with E-state index in [1.165, 1.54) is 218 Å². The van der Waals surface area contributed by atoms with Crippen molar-refractivity contribution in [3.05, 3.63) is 60.8 Å². The van der Waals surface area contributed by atoms with Crippen LogP contribution in [0, 0.1) is 0 Å². The molecule has 0 aromatic carbocycles. The number of rotatable bonds is 57. The lowest BCUT2D eigenvalue weighted by molar-refractivity contribution is -0.870. The number of aliphatic hydroxyl groups excluding tert-OH is 1. The monoisotopic (exact) mass is 1040 g/mol. The van der Waals surface area contributed by atoms with E-state index in [1.54, 1.807) is 6.08 Å². The molecule has 0 aliphatic heterocycles. The third-order valence-corrected chi connectivity index (χ3v) is 14.9. The van der Waals surface area contributed by atoms with Crippen LogP contribution in [0.15, 0.2) is 60.8 Å². The Morgan fingerprint density at radius 1 is 0.479 bits per heavy atom. The van der Waals surface area contributed by atoms with Crippen LogP contribution in [0.25, 0.3) is 0 Å². The van der Waals surface area contributed by atoms with Crippen LogP contribution in [0.4, 0.5) is 0 Å². The second kappa shape index (κ2) is 55.0. The Bertz CT molecular complexity index is 1370. The normalized spacial score (nSPS) is 14.2. The molecule has 1 amide bonds. The number of phosphoric ester groups is 1. The number of hydrogen-bond acceptors (Lipinski definition) is 6. The first-order valence-electron chi connectivity index (χ1n) is 31.2. The Kier molecular flexibility index (Phi) is 53.6. The molecule has 0 rings (SSSR count). The summed E-state index contributed by atoms with van der Waals surface area (Å²) in [6.45, 7) is 4.64. The number of hydrogen-bond donors (Lipinski definition) is 2. The SMILES string of the molecule is CCCCCCCCCCC/C=C\C/C=C\CCCCCCCCCCCCCCCCCC(=O)NC(COP(=O)([O-])OCC[N+](C)(C)C)C(O)/C=C/CC/C=C/CC/C=C/CCCCCCCCCCCC. The van der Waals surface area contributed by atoms with Crippen LogP contribution in [0.2, 0.25) is 0 Å². The first-order valence-corrected chi connectivity index (χ1v) is 32.6. The molecule has 73 heavy (non-hydrogen) atoms. The van der Waals surface area contributed by atoms with Gasteiger partial charge in [0.05, 0.1) is 39.9 Å². The fourth-order valence-electron chi connectivity index (χ4n) is 9.04. The molecule has 0 saturated heterocycles. The molecule has 3 unspecified atom stereocenters. The number of allylic oxidation sites excluding steroid dienone is 9. The maximum Gasteiger partial charge on any atom is 0.268 e. The summed E-state index contributed by atoms with van der Waals surface area (Å²) in [5, 5.41) is 13.9. The van der Waals surface area contributed by atoms with Crippen LogP contribution < -0.4 is 10.2 Å². The minimum Gasteiger partial charge on any atom is -0.756 e. The molecule has 9 heteroatoms. The van der Waals surface area contributed by atoms with Crippen molar-refractivity contribution in [3.8, 4) is 0 Å². The number of aliphatic hydroxyl groups is 1. The predicted octanol–water partition coefficient (Wildman–Crippen LogP) is 18.6. The lowest BCUT2D eigenvalue weighted by Gasteiger charge is -2.29. The number of carbonyl (C=O) groups excluding carboxylic acids is 1. The summed E-state index contributed by atoms with van der Waals surface area (Å²) in [5.41, 5.74) is 0. The minimum absolute atomic E-state index is 0.00985. The van der Waals surface area contributed by atoms with E-state index in [2.05, 4.69) is 67.8 Å². The molecule has 0 aliphatic rings. The number of unbranched alkanes of at least 4 members (excludes halogenated alkanes) is 36. The highest BCUT2D eigenvalue weighted by Gasteiger charge is 2.23. The Morgan fingerprint density at radius 3 is 1.19 bits per heavy atom. The lowest BCUT2D eigenvalue weighted by Crippen LogP contribution is -2.45. The van der Waals surface area contributed by atoms with E-state index in [1.807, 2.05) is 27.2 Å². The summed E-state index contributed by atoms with van der Waals surface area (Å²) in [4.78, 5) is 25.5. The van der Waals surface area contributed by atoms with Gasteiger partial charge in [0.1, 0.15) is 13.2 Å². The highest BCUT2D eigenvalue weighted by atomic mass is 31.2. The average molecular weight is 1050 g/mol. The maximum atomic E-state index is 13.0. The van der Waals surface area contributed by atoms with Gasteiger partial charge in [0.2, 0.25) is 5.91 Å². The number of phosphoric acid groups is 1. The van der Waals surface area contributed by atoms with E-state index in [9.17, 15) is 19.4 Å². The van der Waals surface area contributed by atoms with E-state index in [4.69, 9.17) is 9.05 Å². The summed E-state index contributed by atoms with van der Waals surface area (Å²) >= 11 is 0. The number of likely N-dealkylation sites (N-methyl/N-ethyl adjacent to an activating group) is 1. The molecular formula is C64H121N2O6P. The number of quaternary nitrogens is 1. The highest BCUT2D eigenvalue weighted by Crippen LogP contribution is 2.38. The van der Waals surface area contributed by atoms with Gasteiger partial charge in [-0.05, 0) is 77.0 Å². The number of nitrogens with one attached hydrogen (secondary N) is 1. The van der Waals surface area contributed by atoms with Gasteiger partial charge in [-0.15, -0.1) is 0 Å². The molecule has 3 atom stereocenters. The Labute approximate surface area is 453 Å². The first kappa shape index (κ1) is 71.2. The quantitative estimate of drug-likeness (QED) is 0.0272. The van der Waals surface area contributed by atoms with E-state index < -0.39 is 26.6 Å². The van der Waals surface area contributed by atoms with Gasteiger partial charge in [-0.3, -0.25) is 9.36 Å². The summed E-state index contributed by atoms with van der Waals surface area (Å²) in [7, 11) is 1.24. The molecule has 0 spiro atoms. The van der Waals surface area contributed by atoms with Crippen molar-refractivity contribution in [2.24, 2.45) is 0 Å². The van der Waals surface area contributed by atoms with Crippen molar-refractivity contribution < 1.29 is 32.9 Å². The summed E-state index contributed by atoms with van der Waals surface area (Å²) < 4.78 is 23.4. The average Bonchev–Trinajstić information content (AvgIpc) is 3.35. The van der Waals surface area contributed by atoms with E-state index >= 15 is 0 Å². The molecule has 0 saturated carbocycles. The molecule has 0 aromatic rings. The number of carbonyl (C=O) groups is 1. The van der Waals surface area contributed by atoms with Crippen LogP contribution in [-0.4, -0.2) is 68.5 Å². The Morgan fingerprint density at radius 2 is 0.808 bits per heavy atom. The molecular weight excluding hydrogens is 924 g/mol. The van der Waals surface area contributed by atoms with Crippen molar-refractivity contribution in [2.75, 3.05) is 40.9 Å². The molecule has 0 fully saturated rings. The molecule has 0 aliphatic carbocycles. The van der Waals surface area contributed by atoms with Crippen molar-refractivity contribution in [3.63, 3.8) is 0 Å². The van der Waals surface area contributed by atoms with Crippen LogP contribution in [0.5, 0.6) is 0 Å². The first-order chi connectivity index (χ1) is 35.5. The molecule has 0 heterocycles. The topological polar surface area (TPSA) is 108 Å². The second-order valence-electron chi connectivity index (χ2n) is 22.4. The standard InChI is InChI=1S/C64H121N2O6P/c1-6-8-10-12-14-16-18-20-22-24-26-28-29-30-31-32-33-34-35-36-37-38-40-42-44-46-48-50-52-54-56-58-64(68)65-62(61-72-73(69,70)71-60-59-66(3,4)5)63(67)57-55-53-51-49-47-45-43-41-39-27-25-23-21-19-17-15-13-11-9-7-2/h26,28,30-31,39,41,47,49,55,57,62-63,67H,6-25,27,29,32-38,40,42-46,48,50-54,56,58-61H2,1-5H3,(H-,65,68,69,70)/b28-26-,31-30-,41-39+,49-47+,57-55+. The zero-order valence-corrected chi connectivity index (χ0v) is 49.7. The van der Waals surface area contributed by atoms with Gasteiger partial charge >= 0.3 is 0 Å². The predicted molar refractivity (Wildman–Crippen MR) is 316 cm³/mol. The van der Waals surface area contributed by atoms with Crippen LogP contribution in [0.3, 0.4) is 0 Å². The van der Waals surface area contributed by atoms with Gasteiger partial charge in [0.15, 0.2) is 0 Å². The van der Waals surface area contributed by atoms with Gasteiger partial charge in [-0.25, -0.2) is 0 Å². The number of nitrogens with zero attached hydrogens (tertiary/aromatic N) is 1. The van der Waals surface area contributed by atoms with Gasteiger partial charge in [0, 0.05) is 6.42 Å². The number of amides is 1. The van der Waals surface area contributed by atoms with Crippen LogP contribution >= 0.6 is 7.82 Å². The fraction of sp³-hybridized carbons (Fsp3) is 0.828. The maximum absolute atomic E-state index is 13.0. The molecule has 0 aromatic heterocycles. The van der Waals surface area contributed by atoms with Crippen LogP contribution in [-0.2, 0) is 18.4 Å². The third kappa shape index (κ3) is 57.7. The van der Waals surface area contributed by atoms with E-state index in [0.717, 1.165) is 51.4 Å². The smallest absolute Gasteiger partial charge is 0.268 e. The lowest BCUT2D eigenvalue weighted by atomic mass is 10.0. The van der Waals surface area contributed by atoms with E-state index in [-0.39, 0.29) is 12.5 Å². The van der Waals surface area contributed by atoms with Gasteiger partial charge in [-0.1, -0.05) is 267 Å². The summed E-state index contributed by atoms with van der Waals surface area (Å²) in [6.07, 6.45) is 74.6. The molecule has 428 valence electrons. The Hall–Kier alpha value is -1.80. The minimum atomic E-state index is -4.61. The van der Waals surface area contributed by atoms with Crippen LogP contribution in [0.1, 0.15) is 290 Å². The van der Waals surface area contributed by atoms with E-state index in [0.29, 0.717) is 17.4 Å².